The normalized spacial score (nSPS) is 16.1. The second-order valence-electron chi connectivity index (χ2n) is 9.06. The first-order chi connectivity index (χ1) is 16.7. The lowest BCUT2D eigenvalue weighted by molar-refractivity contribution is -0.146. The molecule has 1 amide bonds. The number of aromatic nitrogens is 4. The van der Waals surface area contributed by atoms with Crippen molar-refractivity contribution in [2.45, 2.75) is 38.4 Å². The van der Waals surface area contributed by atoms with Crippen LogP contribution in [0.3, 0.4) is 0 Å². The molecule has 1 aliphatic heterocycles. The third kappa shape index (κ3) is 5.55. The fraction of sp³-hybridized carbons (Fsp3) is 0.500. The Hall–Kier alpha value is -3.21. The largest absolute Gasteiger partial charge is 0.453 e. The molecule has 1 aliphatic rings. The Morgan fingerprint density at radius 1 is 1.11 bits per heavy atom. The molecule has 1 fully saturated rings. The van der Waals surface area contributed by atoms with Gasteiger partial charge in [-0.05, 0) is 56.6 Å². The van der Waals surface area contributed by atoms with E-state index < -0.39 is 12.0 Å². The summed E-state index contributed by atoms with van der Waals surface area (Å²) in [6.45, 7) is 3.67. The Kier molecular flexibility index (Phi) is 7.25. The molecule has 1 atom stereocenters. The number of likely N-dealkylation sites (N-methyl/N-ethyl adjacent to an activating group) is 1. The summed E-state index contributed by atoms with van der Waals surface area (Å²) in [4.78, 5) is 16.9. The maximum Gasteiger partial charge on any atom is 0.453 e. The zero-order chi connectivity index (χ0) is 25.2. The monoisotopic (exact) mass is 489 g/mol. The van der Waals surface area contributed by atoms with E-state index >= 15 is 0 Å². The standard InChI is InChI=1S/C24H30F3N7O/c1-4-16-5-7-17(8-6-16)19(32(2)3)15-28-22(35)18-11-13-33(14-12-18)21-10-9-20-29-30-23(24(25,26)27)34(20)31-21/h5-10,18-19H,4,11-15H2,1-3H3,(H,28,35). The smallest absolute Gasteiger partial charge is 0.355 e. The van der Waals surface area contributed by atoms with Gasteiger partial charge in [0.1, 0.15) is 5.82 Å². The molecular formula is C24H30F3N7O. The highest BCUT2D eigenvalue weighted by atomic mass is 19.4. The van der Waals surface area contributed by atoms with Crippen molar-refractivity contribution in [3.63, 3.8) is 0 Å². The van der Waals surface area contributed by atoms with Crippen molar-refractivity contribution in [1.29, 1.82) is 0 Å². The van der Waals surface area contributed by atoms with Crippen LogP contribution >= 0.6 is 0 Å². The fourth-order valence-corrected chi connectivity index (χ4v) is 4.41. The van der Waals surface area contributed by atoms with Crippen molar-refractivity contribution in [3.8, 4) is 0 Å². The summed E-state index contributed by atoms with van der Waals surface area (Å²) in [7, 11) is 3.99. The average Bonchev–Trinajstić information content (AvgIpc) is 3.28. The number of alkyl halides is 3. The number of fused-ring (bicyclic) bond motifs is 1. The fourth-order valence-electron chi connectivity index (χ4n) is 4.41. The number of hydrogen-bond acceptors (Lipinski definition) is 6. The van der Waals surface area contributed by atoms with Gasteiger partial charge in [-0.15, -0.1) is 15.3 Å². The lowest BCUT2D eigenvalue weighted by Crippen LogP contribution is -2.43. The number of benzene rings is 1. The number of carbonyl (C=O) groups excluding carboxylic acids is 1. The number of nitrogens with one attached hydrogen (secondary N) is 1. The molecule has 11 heteroatoms. The third-order valence-corrected chi connectivity index (χ3v) is 6.56. The SMILES string of the molecule is CCc1ccc(C(CNC(=O)C2CCN(c3ccc4nnc(C(F)(F)F)n4n3)CC2)N(C)C)cc1. The van der Waals surface area contributed by atoms with E-state index in [4.69, 9.17) is 0 Å². The van der Waals surface area contributed by atoms with Crippen molar-refractivity contribution < 1.29 is 18.0 Å². The van der Waals surface area contributed by atoms with Crippen LogP contribution in [0, 0.1) is 5.92 Å². The van der Waals surface area contributed by atoms with Crippen LogP contribution in [0.2, 0.25) is 0 Å². The second kappa shape index (κ2) is 10.2. The highest BCUT2D eigenvalue weighted by Crippen LogP contribution is 2.29. The van der Waals surface area contributed by atoms with E-state index in [0.717, 1.165) is 16.5 Å². The Labute approximate surface area is 202 Å². The summed E-state index contributed by atoms with van der Waals surface area (Å²) in [5.74, 6) is -0.891. The van der Waals surface area contributed by atoms with Crippen LogP contribution in [-0.2, 0) is 17.4 Å². The third-order valence-electron chi connectivity index (χ3n) is 6.56. The number of rotatable bonds is 7. The molecule has 188 valence electrons. The molecule has 0 spiro atoms. The van der Waals surface area contributed by atoms with Crippen LogP contribution in [0.5, 0.6) is 0 Å². The Balaban J connectivity index is 1.35. The van der Waals surface area contributed by atoms with E-state index in [9.17, 15) is 18.0 Å². The molecule has 0 aliphatic carbocycles. The average molecular weight is 490 g/mol. The molecule has 3 aromatic rings. The molecule has 0 radical (unpaired) electrons. The van der Waals surface area contributed by atoms with Crippen LogP contribution < -0.4 is 10.2 Å². The minimum Gasteiger partial charge on any atom is -0.355 e. The number of carbonyl (C=O) groups is 1. The van der Waals surface area contributed by atoms with Gasteiger partial charge in [0.15, 0.2) is 5.65 Å². The first-order valence-electron chi connectivity index (χ1n) is 11.7. The summed E-state index contributed by atoms with van der Waals surface area (Å²) in [5.41, 5.74) is 2.46. The van der Waals surface area contributed by atoms with Crippen LogP contribution in [-0.4, -0.2) is 64.3 Å². The number of amides is 1. The van der Waals surface area contributed by atoms with E-state index in [2.05, 4.69) is 56.7 Å². The zero-order valence-corrected chi connectivity index (χ0v) is 20.1. The number of piperidine rings is 1. The van der Waals surface area contributed by atoms with Gasteiger partial charge in [-0.25, -0.2) is 0 Å². The Bertz CT molecular complexity index is 1150. The van der Waals surface area contributed by atoms with Crippen LogP contribution in [0.15, 0.2) is 36.4 Å². The summed E-state index contributed by atoms with van der Waals surface area (Å²) < 4.78 is 40.2. The first-order valence-corrected chi connectivity index (χ1v) is 11.7. The predicted molar refractivity (Wildman–Crippen MR) is 126 cm³/mol. The molecule has 0 bridgehead atoms. The molecule has 1 N–H and O–H groups in total. The molecule has 1 unspecified atom stereocenters. The van der Waals surface area contributed by atoms with Gasteiger partial charge < -0.3 is 15.1 Å². The highest BCUT2D eigenvalue weighted by molar-refractivity contribution is 5.79. The van der Waals surface area contributed by atoms with E-state index in [1.165, 1.54) is 11.6 Å². The minimum atomic E-state index is -4.64. The molecule has 1 aromatic carbocycles. The van der Waals surface area contributed by atoms with E-state index in [0.29, 0.717) is 38.3 Å². The van der Waals surface area contributed by atoms with Gasteiger partial charge in [-0.3, -0.25) is 4.79 Å². The number of anilines is 1. The van der Waals surface area contributed by atoms with Crippen molar-refractivity contribution in [1.82, 2.24) is 30.0 Å². The Morgan fingerprint density at radius 2 is 1.80 bits per heavy atom. The quantitative estimate of drug-likeness (QED) is 0.549. The summed E-state index contributed by atoms with van der Waals surface area (Å²) in [6, 6.07) is 11.6. The van der Waals surface area contributed by atoms with Gasteiger partial charge in [-0.1, -0.05) is 31.2 Å². The minimum absolute atomic E-state index is 0.00302. The second-order valence-corrected chi connectivity index (χ2v) is 9.06. The molecule has 8 nitrogen and oxygen atoms in total. The molecular weight excluding hydrogens is 459 g/mol. The lowest BCUT2D eigenvalue weighted by atomic mass is 9.95. The molecule has 4 rings (SSSR count). The van der Waals surface area contributed by atoms with Crippen molar-refractivity contribution in [2.24, 2.45) is 5.92 Å². The van der Waals surface area contributed by atoms with Gasteiger partial charge in [0.25, 0.3) is 5.82 Å². The molecule has 1 saturated heterocycles. The van der Waals surface area contributed by atoms with Crippen LogP contribution in [0.25, 0.3) is 5.65 Å². The Morgan fingerprint density at radius 3 is 2.40 bits per heavy atom. The summed E-state index contributed by atoms with van der Waals surface area (Å²) in [6.07, 6.45) is -2.47. The molecule has 0 saturated carbocycles. The van der Waals surface area contributed by atoms with Gasteiger partial charge in [0.05, 0.1) is 6.04 Å². The maximum atomic E-state index is 13.2. The number of hydrogen-bond donors (Lipinski definition) is 1. The van der Waals surface area contributed by atoms with Crippen molar-refractivity contribution in [2.75, 3.05) is 38.6 Å². The van der Waals surface area contributed by atoms with E-state index in [-0.39, 0.29) is 23.5 Å². The molecule has 3 heterocycles. The van der Waals surface area contributed by atoms with E-state index in [1.807, 2.05) is 19.0 Å². The number of aryl methyl sites for hydroxylation is 1. The number of nitrogens with zero attached hydrogens (tertiary/aromatic N) is 6. The predicted octanol–water partition coefficient (Wildman–Crippen LogP) is 3.34. The number of halogens is 3. The van der Waals surface area contributed by atoms with Gasteiger partial charge in [-0.2, -0.15) is 17.7 Å². The van der Waals surface area contributed by atoms with Gasteiger partial charge >= 0.3 is 6.18 Å². The summed E-state index contributed by atoms with van der Waals surface area (Å²) in [5, 5.41) is 14.0. The van der Waals surface area contributed by atoms with Gasteiger partial charge in [0.2, 0.25) is 5.91 Å². The van der Waals surface area contributed by atoms with Gasteiger partial charge in [0, 0.05) is 25.6 Å². The summed E-state index contributed by atoms with van der Waals surface area (Å²) >= 11 is 0. The topological polar surface area (TPSA) is 78.7 Å². The van der Waals surface area contributed by atoms with Crippen molar-refractivity contribution >= 4 is 17.4 Å². The van der Waals surface area contributed by atoms with Crippen LogP contribution in [0.1, 0.15) is 42.8 Å². The van der Waals surface area contributed by atoms with E-state index in [1.54, 1.807) is 6.07 Å². The van der Waals surface area contributed by atoms with Crippen LogP contribution in [0.4, 0.5) is 19.0 Å². The highest BCUT2D eigenvalue weighted by Gasteiger charge is 2.38. The zero-order valence-electron chi connectivity index (χ0n) is 20.1. The van der Waals surface area contributed by atoms with Crippen molar-refractivity contribution in [3.05, 3.63) is 53.3 Å². The maximum absolute atomic E-state index is 13.2. The molecule has 35 heavy (non-hydrogen) atoms. The lowest BCUT2D eigenvalue weighted by Gasteiger charge is -2.32. The molecule has 2 aromatic heterocycles. The first kappa shape index (κ1) is 24.9.